The second kappa shape index (κ2) is 8.19. The van der Waals surface area contributed by atoms with Crippen molar-refractivity contribution in [1.82, 2.24) is 15.6 Å². The molecule has 1 aromatic heterocycles. The topological polar surface area (TPSA) is 49.3 Å². The lowest BCUT2D eigenvalue weighted by atomic mass is 10.1. The van der Waals surface area contributed by atoms with Crippen molar-refractivity contribution in [2.45, 2.75) is 31.8 Å². The lowest BCUT2D eigenvalue weighted by Crippen LogP contribution is -2.36. The first-order valence-electron chi connectivity index (χ1n) is 7.11. The molecule has 6 heteroatoms. The molecule has 0 amide bonds. The van der Waals surface area contributed by atoms with Gasteiger partial charge in [-0.15, -0.1) is 23.1 Å². The smallest absolute Gasteiger partial charge is 0.191 e. The Kier molecular flexibility index (Phi) is 6.27. The summed E-state index contributed by atoms with van der Waals surface area (Å²) in [6.07, 6.45) is 2.11. The molecule has 0 aliphatic carbocycles. The van der Waals surface area contributed by atoms with Crippen LogP contribution in [0.4, 0.5) is 0 Å². The van der Waals surface area contributed by atoms with Crippen LogP contribution in [-0.4, -0.2) is 24.2 Å². The Morgan fingerprint density at radius 2 is 2.05 bits per heavy atom. The van der Waals surface area contributed by atoms with Gasteiger partial charge in [0.15, 0.2) is 5.96 Å². The predicted octanol–water partition coefficient (Wildman–Crippen LogP) is 3.35. The number of nitrogens with zero attached hydrogens (tertiary/aromatic N) is 2. The van der Waals surface area contributed by atoms with Gasteiger partial charge in [0.2, 0.25) is 0 Å². The Bertz CT molecular complexity index is 649. The van der Waals surface area contributed by atoms with Crippen LogP contribution < -0.4 is 10.6 Å². The molecule has 0 bridgehead atoms. The zero-order valence-electron chi connectivity index (χ0n) is 13.4. The molecule has 0 atom stereocenters. The van der Waals surface area contributed by atoms with Crippen LogP contribution in [0.3, 0.4) is 0 Å². The summed E-state index contributed by atoms with van der Waals surface area (Å²) < 4.78 is 0. The minimum Gasteiger partial charge on any atom is -0.352 e. The molecule has 4 nitrogen and oxygen atoms in total. The van der Waals surface area contributed by atoms with Gasteiger partial charge in [-0.25, -0.2) is 4.98 Å². The van der Waals surface area contributed by atoms with Crippen LogP contribution in [0.1, 0.15) is 21.7 Å². The summed E-state index contributed by atoms with van der Waals surface area (Å²) in [6.45, 7) is 5.66. The van der Waals surface area contributed by atoms with E-state index >= 15 is 0 Å². The van der Waals surface area contributed by atoms with Gasteiger partial charge in [-0.3, -0.25) is 4.99 Å². The van der Waals surface area contributed by atoms with Crippen LogP contribution in [0.25, 0.3) is 0 Å². The number of hydrogen-bond acceptors (Lipinski definition) is 4. The average molecular weight is 335 g/mol. The third-order valence-corrected chi connectivity index (χ3v) is 5.13. The van der Waals surface area contributed by atoms with Gasteiger partial charge >= 0.3 is 0 Å². The number of thiazole rings is 1. The second-order valence-corrected chi connectivity index (χ2v) is 6.74. The van der Waals surface area contributed by atoms with Gasteiger partial charge in [0.05, 0.1) is 17.7 Å². The SMILES string of the molecule is CN=C(NCc1ccc(C)cc1SC)NCc1scnc1C. The molecule has 0 unspecified atom stereocenters. The van der Waals surface area contributed by atoms with E-state index in [2.05, 4.69) is 52.0 Å². The zero-order valence-corrected chi connectivity index (χ0v) is 15.1. The van der Waals surface area contributed by atoms with E-state index in [1.165, 1.54) is 20.9 Å². The maximum absolute atomic E-state index is 4.28. The fraction of sp³-hybridized carbons (Fsp3) is 0.375. The Labute approximate surface area is 140 Å². The van der Waals surface area contributed by atoms with Gasteiger partial charge in [0, 0.05) is 23.4 Å². The Hall–Kier alpha value is -1.53. The van der Waals surface area contributed by atoms with Crippen molar-refractivity contribution >= 4 is 29.1 Å². The van der Waals surface area contributed by atoms with Crippen LogP contribution >= 0.6 is 23.1 Å². The Morgan fingerprint density at radius 3 is 2.68 bits per heavy atom. The molecule has 0 radical (unpaired) electrons. The molecule has 1 heterocycles. The summed E-state index contributed by atoms with van der Waals surface area (Å²) >= 11 is 3.44. The number of aliphatic imine (C=N–C) groups is 1. The van der Waals surface area contributed by atoms with Crippen molar-refractivity contribution in [1.29, 1.82) is 0 Å². The van der Waals surface area contributed by atoms with E-state index in [-0.39, 0.29) is 0 Å². The molecule has 0 spiro atoms. The van der Waals surface area contributed by atoms with Gasteiger partial charge in [0.25, 0.3) is 0 Å². The Balaban J connectivity index is 1.93. The number of benzene rings is 1. The fourth-order valence-electron chi connectivity index (χ4n) is 2.06. The molecule has 22 heavy (non-hydrogen) atoms. The second-order valence-electron chi connectivity index (χ2n) is 4.96. The highest BCUT2D eigenvalue weighted by Gasteiger charge is 2.05. The molecular formula is C16H22N4S2. The molecule has 2 rings (SSSR count). The third-order valence-electron chi connectivity index (χ3n) is 3.37. The highest BCUT2D eigenvalue weighted by molar-refractivity contribution is 7.98. The number of rotatable bonds is 5. The maximum Gasteiger partial charge on any atom is 0.191 e. The molecule has 2 aromatic rings. The first kappa shape index (κ1) is 16.8. The predicted molar refractivity (Wildman–Crippen MR) is 96.8 cm³/mol. The first-order chi connectivity index (χ1) is 10.6. The molecule has 118 valence electrons. The van der Waals surface area contributed by atoms with Crippen molar-refractivity contribution in [3.8, 4) is 0 Å². The molecule has 0 saturated heterocycles. The van der Waals surface area contributed by atoms with E-state index in [1.807, 2.05) is 12.4 Å². The minimum absolute atomic E-state index is 0.749. The lowest BCUT2D eigenvalue weighted by Gasteiger charge is -2.13. The monoisotopic (exact) mass is 334 g/mol. The number of thioether (sulfide) groups is 1. The molecule has 0 fully saturated rings. The standard InChI is InChI=1S/C16H22N4S2/c1-11-5-6-13(14(7-11)21-4)8-18-16(17-3)19-9-15-12(2)20-10-22-15/h5-7,10H,8-9H2,1-4H3,(H2,17,18,19). The van der Waals surface area contributed by atoms with Gasteiger partial charge < -0.3 is 10.6 Å². The minimum atomic E-state index is 0.749. The molecule has 0 aliphatic heterocycles. The van der Waals surface area contributed by atoms with Gasteiger partial charge in [0.1, 0.15) is 0 Å². The van der Waals surface area contributed by atoms with Crippen LogP contribution in [0.5, 0.6) is 0 Å². The van der Waals surface area contributed by atoms with Crippen LogP contribution in [0.15, 0.2) is 33.6 Å². The number of aryl methyl sites for hydroxylation is 2. The molecule has 1 aromatic carbocycles. The van der Waals surface area contributed by atoms with Crippen LogP contribution in [0, 0.1) is 13.8 Å². The largest absolute Gasteiger partial charge is 0.352 e. The lowest BCUT2D eigenvalue weighted by molar-refractivity contribution is 0.803. The molecule has 0 aliphatic rings. The number of aromatic nitrogens is 1. The number of guanidine groups is 1. The summed E-state index contributed by atoms with van der Waals surface area (Å²) in [5.41, 5.74) is 5.53. The quantitative estimate of drug-likeness (QED) is 0.500. The van der Waals surface area contributed by atoms with Crippen molar-refractivity contribution < 1.29 is 0 Å². The van der Waals surface area contributed by atoms with Gasteiger partial charge in [-0.1, -0.05) is 12.1 Å². The normalized spacial score (nSPS) is 11.5. The van der Waals surface area contributed by atoms with Gasteiger partial charge in [-0.05, 0) is 37.3 Å². The van der Waals surface area contributed by atoms with Crippen molar-refractivity contribution in [3.63, 3.8) is 0 Å². The fourth-order valence-corrected chi connectivity index (χ4v) is 3.48. The van der Waals surface area contributed by atoms with Crippen molar-refractivity contribution in [2.24, 2.45) is 4.99 Å². The van der Waals surface area contributed by atoms with E-state index < -0.39 is 0 Å². The van der Waals surface area contributed by atoms with E-state index in [9.17, 15) is 0 Å². The summed E-state index contributed by atoms with van der Waals surface area (Å²) in [4.78, 5) is 11.1. The Morgan fingerprint density at radius 1 is 1.27 bits per heavy atom. The van der Waals surface area contributed by atoms with Crippen molar-refractivity contribution in [2.75, 3.05) is 13.3 Å². The number of nitrogens with one attached hydrogen (secondary N) is 2. The van der Waals surface area contributed by atoms with Crippen LogP contribution in [-0.2, 0) is 13.1 Å². The number of hydrogen-bond donors (Lipinski definition) is 2. The maximum atomic E-state index is 4.28. The summed E-state index contributed by atoms with van der Waals surface area (Å²) in [5.74, 6) is 0.806. The average Bonchev–Trinajstić information content (AvgIpc) is 2.93. The van der Waals surface area contributed by atoms with Gasteiger partial charge in [-0.2, -0.15) is 0 Å². The third kappa shape index (κ3) is 4.48. The highest BCUT2D eigenvalue weighted by atomic mass is 32.2. The molecule has 2 N–H and O–H groups in total. The molecular weight excluding hydrogens is 312 g/mol. The zero-order chi connectivity index (χ0) is 15.9. The summed E-state index contributed by atoms with van der Waals surface area (Å²) in [7, 11) is 1.79. The molecule has 0 saturated carbocycles. The first-order valence-corrected chi connectivity index (χ1v) is 9.21. The summed E-state index contributed by atoms with van der Waals surface area (Å²) in [5, 5.41) is 6.71. The van der Waals surface area contributed by atoms with E-state index in [0.717, 1.165) is 24.7 Å². The van der Waals surface area contributed by atoms with Crippen LogP contribution in [0.2, 0.25) is 0 Å². The highest BCUT2D eigenvalue weighted by Crippen LogP contribution is 2.21. The van der Waals surface area contributed by atoms with Crippen molar-refractivity contribution in [3.05, 3.63) is 45.4 Å². The van der Waals surface area contributed by atoms with E-state index in [0.29, 0.717) is 0 Å². The van der Waals surface area contributed by atoms with E-state index in [4.69, 9.17) is 0 Å². The van der Waals surface area contributed by atoms with E-state index in [1.54, 1.807) is 30.1 Å². The summed E-state index contributed by atoms with van der Waals surface area (Å²) in [6, 6.07) is 6.54.